The number of hydrogen-bond acceptors (Lipinski definition) is 6. The number of unbranched alkanes of at least 4 members (excludes halogenated alkanes) is 4. The van der Waals surface area contributed by atoms with Crippen molar-refractivity contribution in [2.45, 2.75) is 84.8 Å². The van der Waals surface area contributed by atoms with Crippen LogP contribution in [0.4, 0.5) is 0 Å². The molecule has 1 heterocycles. The van der Waals surface area contributed by atoms with Gasteiger partial charge >= 0.3 is 5.97 Å². The summed E-state index contributed by atoms with van der Waals surface area (Å²) in [6.45, 7) is 8.46. The van der Waals surface area contributed by atoms with Gasteiger partial charge < -0.3 is 14.2 Å². The van der Waals surface area contributed by atoms with Gasteiger partial charge in [0.1, 0.15) is 12.7 Å². The smallest absolute Gasteiger partial charge is 0.335 e. The van der Waals surface area contributed by atoms with E-state index >= 15 is 0 Å². The molecule has 3 aromatic rings. The molecule has 204 valence electrons. The minimum Gasteiger partial charge on any atom is -0.486 e. The standard InChI is InChI=1S/C32H42N2O4/c1-5-7-8-9-10-11-26-12-14-27(15-13-26)28-16-18-29(19-17-28)31-33-21-30(22-34-31)37-23-24(3)38-32(35)25(4)36-20-6-2/h12-19,21-22,24-25H,5-11,20,23H2,1-4H3. The van der Waals surface area contributed by atoms with Crippen LogP contribution in [0.5, 0.6) is 5.75 Å². The Balaban J connectivity index is 1.47. The summed E-state index contributed by atoms with van der Waals surface area (Å²) in [5.74, 6) is 0.760. The van der Waals surface area contributed by atoms with Crippen molar-refractivity contribution < 1.29 is 19.0 Å². The maximum Gasteiger partial charge on any atom is 0.335 e. The number of benzene rings is 2. The lowest BCUT2D eigenvalue weighted by Gasteiger charge is -2.17. The minimum atomic E-state index is -0.587. The second kappa shape index (κ2) is 15.9. The number of rotatable bonds is 16. The van der Waals surface area contributed by atoms with Gasteiger partial charge in [-0.1, -0.05) is 88.1 Å². The van der Waals surface area contributed by atoms with Crippen molar-refractivity contribution in [2.24, 2.45) is 0 Å². The van der Waals surface area contributed by atoms with Crippen molar-refractivity contribution in [2.75, 3.05) is 13.2 Å². The summed E-state index contributed by atoms with van der Waals surface area (Å²) >= 11 is 0. The second-order valence-electron chi connectivity index (χ2n) is 9.75. The molecule has 0 radical (unpaired) electrons. The molecule has 0 spiro atoms. The Hall–Kier alpha value is -3.25. The van der Waals surface area contributed by atoms with E-state index in [1.165, 1.54) is 48.8 Å². The molecule has 2 aromatic carbocycles. The third-order valence-corrected chi connectivity index (χ3v) is 6.33. The van der Waals surface area contributed by atoms with Gasteiger partial charge in [0.05, 0.1) is 12.4 Å². The normalized spacial score (nSPS) is 12.6. The van der Waals surface area contributed by atoms with E-state index in [1.807, 2.05) is 19.1 Å². The summed E-state index contributed by atoms with van der Waals surface area (Å²) in [4.78, 5) is 20.9. The van der Waals surface area contributed by atoms with E-state index in [4.69, 9.17) is 14.2 Å². The number of aromatic nitrogens is 2. The molecular weight excluding hydrogens is 476 g/mol. The first-order valence-corrected chi connectivity index (χ1v) is 14.0. The van der Waals surface area contributed by atoms with Crippen LogP contribution in [0.1, 0.15) is 71.8 Å². The molecule has 6 heteroatoms. The molecular formula is C32H42N2O4. The predicted octanol–water partition coefficient (Wildman–Crippen LogP) is 7.45. The fourth-order valence-corrected chi connectivity index (χ4v) is 4.05. The van der Waals surface area contributed by atoms with Crippen LogP contribution in [-0.2, 0) is 20.7 Å². The van der Waals surface area contributed by atoms with Gasteiger partial charge in [-0.15, -0.1) is 0 Å². The summed E-state index contributed by atoms with van der Waals surface area (Å²) in [6, 6.07) is 17.2. The first-order valence-electron chi connectivity index (χ1n) is 14.0. The molecule has 3 rings (SSSR count). The van der Waals surface area contributed by atoms with E-state index in [-0.39, 0.29) is 6.61 Å². The largest absolute Gasteiger partial charge is 0.486 e. The highest BCUT2D eigenvalue weighted by atomic mass is 16.6. The Bertz CT molecular complexity index is 1080. The Morgan fingerprint density at radius 3 is 2.03 bits per heavy atom. The molecule has 0 aliphatic heterocycles. The molecule has 0 fully saturated rings. The van der Waals surface area contributed by atoms with E-state index in [0.29, 0.717) is 18.2 Å². The van der Waals surface area contributed by atoms with Crippen LogP contribution in [0.3, 0.4) is 0 Å². The summed E-state index contributed by atoms with van der Waals surface area (Å²) in [7, 11) is 0. The van der Waals surface area contributed by atoms with Crippen molar-refractivity contribution in [3.63, 3.8) is 0 Å². The lowest BCUT2D eigenvalue weighted by atomic mass is 10.00. The Morgan fingerprint density at radius 2 is 1.39 bits per heavy atom. The van der Waals surface area contributed by atoms with Gasteiger partial charge in [-0.25, -0.2) is 14.8 Å². The Morgan fingerprint density at radius 1 is 0.789 bits per heavy atom. The van der Waals surface area contributed by atoms with Gasteiger partial charge in [-0.05, 0) is 49.8 Å². The van der Waals surface area contributed by atoms with Gasteiger partial charge in [-0.3, -0.25) is 0 Å². The van der Waals surface area contributed by atoms with Gasteiger partial charge in [0, 0.05) is 12.2 Å². The van der Waals surface area contributed by atoms with E-state index in [1.54, 1.807) is 26.2 Å². The van der Waals surface area contributed by atoms with Crippen LogP contribution < -0.4 is 4.74 Å². The topological polar surface area (TPSA) is 70.5 Å². The van der Waals surface area contributed by atoms with E-state index in [9.17, 15) is 4.79 Å². The van der Waals surface area contributed by atoms with E-state index in [2.05, 4.69) is 53.3 Å². The first-order chi connectivity index (χ1) is 18.5. The quantitative estimate of drug-likeness (QED) is 0.145. The minimum absolute atomic E-state index is 0.210. The first kappa shape index (κ1) is 29.3. The van der Waals surface area contributed by atoms with Crippen LogP contribution >= 0.6 is 0 Å². The van der Waals surface area contributed by atoms with Crippen LogP contribution in [0.25, 0.3) is 22.5 Å². The van der Waals surface area contributed by atoms with Crippen molar-refractivity contribution in [3.05, 3.63) is 66.5 Å². The van der Waals surface area contributed by atoms with Gasteiger partial charge in [0.15, 0.2) is 17.7 Å². The number of esters is 1. The van der Waals surface area contributed by atoms with Gasteiger partial charge in [-0.2, -0.15) is 0 Å². The van der Waals surface area contributed by atoms with Gasteiger partial charge in [0.2, 0.25) is 0 Å². The maximum atomic E-state index is 12.0. The number of carbonyl (C=O) groups excluding carboxylic acids is 1. The Labute approximate surface area is 227 Å². The molecule has 0 aliphatic carbocycles. The average Bonchev–Trinajstić information content (AvgIpc) is 2.95. The number of nitrogens with zero attached hydrogens (tertiary/aromatic N) is 2. The molecule has 1 aromatic heterocycles. The average molecular weight is 519 g/mol. The zero-order valence-electron chi connectivity index (χ0n) is 23.3. The fraction of sp³-hybridized carbons (Fsp3) is 0.469. The number of carbonyl (C=O) groups is 1. The van der Waals surface area contributed by atoms with E-state index < -0.39 is 18.2 Å². The van der Waals surface area contributed by atoms with Gasteiger partial charge in [0.25, 0.3) is 0 Å². The van der Waals surface area contributed by atoms with Crippen LogP contribution in [0, 0.1) is 0 Å². The van der Waals surface area contributed by atoms with Crippen LogP contribution in [0.15, 0.2) is 60.9 Å². The molecule has 6 nitrogen and oxygen atoms in total. The van der Waals surface area contributed by atoms with E-state index in [0.717, 1.165) is 18.4 Å². The third-order valence-electron chi connectivity index (χ3n) is 6.33. The molecule has 0 saturated heterocycles. The highest BCUT2D eigenvalue weighted by Gasteiger charge is 2.18. The third kappa shape index (κ3) is 9.56. The van der Waals surface area contributed by atoms with Crippen molar-refractivity contribution in [1.29, 1.82) is 0 Å². The monoisotopic (exact) mass is 518 g/mol. The molecule has 0 saturated carbocycles. The lowest BCUT2D eigenvalue weighted by Crippen LogP contribution is -2.30. The van der Waals surface area contributed by atoms with Crippen molar-refractivity contribution in [1.82, 2.24) is 9.97 Å². The molecule has 0 N–H and O–H groups in total. The number of aryl methyl sites for hydroxylation is 1. The summed E-state index contributed by atoms with van der Waals surface area (Å²) in [5.41, 5.74) is 4.71. The molecule has 2 atom stereocenters. The highest BCUT2D eigenvalue weighted by Crippen LogP contribution is 2.24. The lowest BCUT2D eigenvalue weighted by molar-refractivity contribution is -0.162. The summed E-state index contributed by atoms with van der Waals surface area (Å²) in [6.07, 6.45) is 10.8. The summed E-state index contributed by atoms with van der Waals surface area (Å²) in [5, 5.41) is 0. The van der Waals surface area contributed by atoms with Crippen LogP contribution in [-0.4, -0.2) is 41.4 Å². The number of ether oxygens (including phenoxy) is 3. The maximum absolute atomic E-state index is 12.0. The summed E-state index contributed by atoms with van der Waals surface area (Å²) < 4.78 is 16.5. The molecule has 2 unspecified atom stereocenters. The van der Waals surface area contributed by atoms with Crippen molar-refractivity contribution >= 4 is 5.97 Å². The zero-order valence-corrected chi connectivity index (χ0v) is 23.3. The van der Waals surface area contributed by atoms with Crippen LogP contribution in [0.2, 0.25) is 0 Å². The highest BCUT2D eigenvalue weighted by molar-refractivity contribution is 5.74. The zero-order chi connectivity index (χ0) is 27.2. The second-order valence-corrected chi connectivity index (χ2v) is 9.75. The number of hydrogen-bond donors (Lipinski definition) is 0. The SMILES string of the molecule is CCCCCCCc1ccc(-c2ccc(-c3ncc(OCC(C)OC(=O)C(C)OCCC)cn3)cc2)cc1. The fourth-order valence-electron chi connectivity index (χ4n) is 4.05. The Kier molecular flexibility index (Phi) is 12.2. The molecule has 38 heavy (non-hydrogen) atoms. The molecule has 0 aliphatic rings. The molecule has 0 amide bonds. The predicted molar refractivity (Wildman–Crippen MR) is 152 cm³/mol. The molecule has 0 bridgehead atoms. The van der Waals surface area contributed by atoms with Crippen molar-refractivity contribution in [3.8, 4) is 28.3 Å².